The molecule has 2 saturated heterocycles. The standard InChI is InChI=1S/C27H29FN8O2/c1-3-38-27-32-24(29)23-26(33-27)36(25(31-23)19-8-20(28)11-30-10-19)13-18-6-4-17(5-7-18)12-34-14-22-9-21(34)15-35(22)16(2)37/h4-8,10-11,21-22H,3,9,12-15H2,1-2H3,(H2,29,32,33)/t21-,22-/m0/s1. The van der Waals surface area contributed by atoms with Gasteiger partial charge in [-0.05, 0) is 30.5 Å². The lowest BCUT2D eigenvalue weighted by Gasteiger charge is -2.33. The van der Waals surface area contributed by atoms with E-state index in [1.165, 1.54) is 11.6 Å². The van der Waals surface area contributed by atoms with Gasteiger partial charge in [0.25, 0.3) is 0 Å². The van der Waals surface area contributed by atoms with Gasteiger partial charge in [0.2, 0.25) is 5.91 Å². The number of amides is 1. The van der Waals surface area contributed by atoms with Crippen molar-refractivity contribution in [2.45, 2.75) is 45.4 Å². The Kier molecular flexibility index (Phi) is 6.15. The summed E-state index contributed by atoms with van der Waals surface area (Å²) in [4.78, 5) is 33.7. The van der Waals surface area contributed by atoms with E-state index in [2.05, 4.69) is 49.1 Å². The molecule has 10 nitrogen and oxygen atoms in total. The second kappa shape index (κ2) is 9.64. The first-order chi connectivity index (χ1) is 18.4. The number of carbonyl (C=O) groups is 1. The maximum atomic E-state index is 14.0. The number of hydrogen-bond donors (Lipinski definition) is 1. The predicted octanol–water partition coefficient (Wildman–Crippen LogP) is 2.86. The molecule has 0 unspecified atom stereocenters. The molecule has 11 heteroatoms. The fourth-order valence-electron chi connectivity index (χ4n) is 5.59. The van der Waals surface area contributed by atoms with Crippen LogP contribution < -0.4 is 10.5 Å². The number of nitrogens with zero attached hydrogens (tertiary/aromatic N) is 7. The van der Waals surface area contributed by atoms with Crippen molar-refractivity contribution in [1.82, 2.24) is 34.3 Å². The lowest BCUT2D eigenvalue weighted by Crippen LogP contribution is -2.47. The second-order valence-electron chi connectivity index (χ2n) is 9.87. The van der Waals surface area contributed by atoms with Gasteiger partial charge in [0.05, 0.1) is 19.3 Å². The van der Waals surface area contributed by atoms with E-state index in [1.807, 2.05) is 16.4 Å². The molecule has 1 amide bonds. The van der Waals surface area contributed by atoms with Crippen LogP contribution >= 0.6 is 0 Å². The zero-order chi connectivity index (χ0) is 26.4. The Morgan fingerprint density at radius 1 is 1.08 bits per heavy atom. The molecule has 4 aromatic rings. The van der Waals surface area contributed by atoms with Gasteiger partial charge in [0, 0.05) is 50.4 Å². The monoisotopic (exact) mass is 516 g/mol. The zero-order valence-corrected chi connectivity index (χ0v) is 21.3. The predicted molar refractivity (Wildman–Crippen MR) is 140 cm³/mol. The lowest BCUT2D eigenvalue weighted by molar-refractivity contribution is -0.131. The van der Waals surface area contributed by atoms with Crippen LogP contribution in [0.2, 0.25) is 0 Å². The molecular weight excluding hydrogens is 487 g/mol. The van der Waals surface area contributed by atoms with Crippen molar-refractivity contribution in [2.24, 2.45) is 0 Å². The number of nitrogen functional groups attached to an aromatic ring is 1. The van der Waals surface area contributed by atoms with Gasteiger partial charge in [-0.15, -0.1) is 0 Å². The number of imidazole rings is 1. The molecule has 2 bridgehead atoms. The zero-order valence-electron chi connectivity index (χ0n) is 21.3. The first kappa shape index (κ1) is 24.2. The van der Waals surface area contributed by atoms with Crippen LogP contribution in [-0.4, -0.2) is 72.0 Å². The normalized spacial score (nSPS) is 19.0. The average Bonchev–Trinajstić information content (AvgIpc) is 3.59. The van der Waals surface area contributed by atoms with E-state index in [0.29, 0.717) is 47.8 Å². The highest BCUT2D eigenvalue weighted by Crippen LogP contribution is 2.32. The van der Waals surface area contributed by atoms with Crippen molar-refractivity contribution in [3.63, 3.8) is 0 Å². The number of benzene rings is 1. The van der Waals surface area contributed by atoms with Gasteiger partial charge in [-0.2, -0.15) is 9.97 Å². The SMILES string of the molecule is CCOc1nc(N)c2nc(-c3cncc(F)c3)n(Cc3ccc(CN4C[C@@H]5C[C@H]4CN5C(C)=O)cc3)c2n1. The quantitative estimate of drug-likeness (QED) is 0.399. The van der Waals surface area contributed by atoms with Gasteiger partial charge in [-0.25, -0.2) is 9.37 Å². The molecule has 3 aromatic heterocycles. The summed E-state index contributed by atoms with van der Waals surface area (Å²) in [5.74, 6) is 0.402. The van der Waals surface area contributed by atoms with Crippen LogP contribution in [0, 0.1) is 5.82 Å². The first-order valence-corrected chi connectivity index (χ1v) is 12.8. The average molecular weight is 517 g/mol. The Morgan fingerprint density at radius 3 is 2.50 bits per heavy atom. The molecule has 0 saturated carbocycles. The molecule has 2 N–H and O–H groups in total. The maximum Gasteiger partial charge on any atom is 0.320 e. The third-order valence-electron chi connectivity index (χ3n) is 7.35. The summed E-state index contributed by atoms with van der Waals surface area (Å²) in [6.07, 6.45) is 3.77. The molecular formula is C27H29FN8O2. The molecule has 38 heavy (non-hydrogen) atoms. The van der Waals surface area contributed by atoms with Crippen molar-refractivity contribution in [1.29, 1.82) is 0 Å². The Morgan fingerprint density at radius 2 is 1.84 bits per heavy atom. The number of carbonyl (C=O) groups excluding carboxylic acids is 1. The Balaban J connectivity index is 1.28. The van der Waals surface area contributed by atoms with Gasteiger partial charge < -0.3 is 19.9 Å². The molecule has 6 rings (SSSR count). The van der Waals surface area contributed by atoms with E-state index < -0.39 is 5.82 Å². The van der Waals surface area contributed by atoms with E-state index in [0.717, 1.165) is 37.8 Å². The number of anilines is 1. The molecule has 1 aromatic carbocycles. The highest BCUT2D eigenvalue weighted by molar-refractivity contribution is 5.86. The van der Waals surface area contributed by atoms with Crippen molar-refractivity contribution < 1.29 is 13.9 Å². The molecule has 0 aliphatic carbocycles. The Hall–Kier alpha value is -4.12. The van der Waals surface area contributed by atoms with Gasteiger partial charge in [0.1, 0.15) is 11.6 Å². The summed E-state index contributed by atoms with van der Waals surface area (Å²) in [6.45, 7) is 6.92. The maximum absolute atomic E-state index is 14.0. The van der Waals surface area contributed by atoms with Crippen LogP contribution in [0.1, 0.15) is 31.4 Å². The van der Waals surface area contributed by atoms with Crippen molar-refractivity contribution in [2.75, 3.05) is 25.4 Å². The van der Waals surface area contributed by atoms with Gasteiger partial charge in [-0.3, -0.25) is 14.7 Å². The lowest BCUT2D eigenvalue weighted by atomic mass is 10.1. The summed E-state index contributed by atoms with van der Waals surface area (Å²) in [6, 6.07) is 10.7. The summed E-state index contributed by atoms with van der Waals surface area (Å²) in [5, 5.41) is 0. The van der Waals surface area contributed by atoms with Gasteiger partial charge >= 0.3 is 6.01 Å². The van der Waals surface area contributed by atoms with Crippen LogP contribution in [0.4, 0.5) is 10.2 Å². The second-order valence-corrected chi connectivity index (χ2v) is 9.87. The first-order valence-electron chi connectivity index (χ1n) is 12.8. The minimum Gasteiger partial charge on any atom is -0.464 e. The third kappa shape index (κ3) is 4.43. The van der Waals surface area contributed by atoms with Crippen molar-refractivity contribution >= 4 is 22.9 Å². The van der Waals surface area contributed by atoms with Crippen LogP contribution in [0.3, 0.4) is 0 Å². The van der Waals surface area contributed by atoms with Crippen LogP contribution in [-0.2, 0) is 17.9 Å². The number of aromatic nitrogens is 5. The summed E-state index contributed by atoms with van der Waals surface area (Å²) in [7, 11) is 0. The number of piperazine rings is 1. The van der Waals surface area contributed by atoms with E-state index in [9.17, 15) is 9.18 Å². The summed E-state index contributed by atoms with van der Waals surface area (Å²) >= 11 is 0. The summed E-state index contributed by atoms with van der Waals surface area (Å²) < 4.78 is 21.4. The van der Waals surface area contributed by atoms with Crippen molar-refractivity contribution in [3.05, 3.63) is 59.7 Å². The molecule has 0 spiro atoms. The van der Waals surface area contributed by atoms with Crippen LogP contribution in [0.15, 0.2) is 42.7 Å². The molecule has 196 valence electrons. The largest absolute Gasteiger partial charge is 0.464 e. The Labute approximate surface area is 219 Å². The highest BCUT2D eigenvalue weighted by Gasteiger charge is 2.43. The van der Waals surface area contributed by atoms with Crippen molar-refractivity contribution in [3.8, 4) is 17.4 Å². The number of nitrogens with two attached hydrogens (primary N) is 1. The van der Waals surface area contributed by atoms with E-state index >= 15 is 0 Å². The van der Waals surface area contributed by atoms with Crippen LogP contribution in [0.5, 0.6) is 6.01 Å². The molecule has 0 radical (unpaired) electrons. The number of likely N-dealkylation sites (tertiary alicyclic amines) is 2. The van der Waals surface area contributed by atoms with Gasteiger partial charge in [-0.1, -0.05) is 24.3 Å². The molecule has 2 fully saturated rings. The molecule has 2 atom stereocenters. The fourth-order valence-corrected chi connectivity index (χ4v) is 5.59. The number of hydrogen-bond acceptors (Lipinski definition) is 8. The minimum atomic E-state index is -0.457. The molecule has 5 heterocycles. The number of ether oxygens (including phenoxy) is 1. The van der Waals surface area contributed by atoms with E-state index in [-0.39, 0.29) is 17.7 Å². The molecule has 2 aliphatic heterocycles. The highest BCUT2D eigenvalue weighted by atomic mass is 19.1. The fraction of sp³-hybridized carbons (Fsp3) is 0.370. The topological polar surface area (TPSA) is 115 Å². The summed E-state index contributed by atoms with van der Waals surface area (Å²) in [5.41, 5.74) is 9.88. The number of pyridine rings is 1. The van der Waals surface area contributed by atoms with E-state index in [1.54, 1.807) is 13.1 Å². The van der Waals surface area contributed by atoms with E-state index in [4.69, 9.17) is 10.5 Å². The molecule has 2 aliphatic rings. The number of fused-ring (bicyclic) bond motifs is 3. The van der Waals surface area contributed by atoms with Crippen LogP contribution in [0.25, 0.3) is 22.6 Å². The smallest absolute Gasteiger partial charge is 0.320 e. The Bertz CT molecular complexity index is 1510. The van der Waals surface area contributed by atoms with Gasteiger partial charge in [0.15, 0.2) is 17.0 Å². The third-order valence-corrected chi connectivity index (χ3v) is 7.35. The number of halogens is 1. The number of rotatable bonds is 7. The minimum absolute atomic E-state index is 0.168.